The third kappa shape index (κ3) is 2.46. The second-order valence-corrected chi connectivity index (χ2v) is 8.17. The average Bonchev–Trinajstić information content (AvgIpc) is 2.92. The van der Waals surface area contributed by atoms with Crippen LogP contribution in [-0.2, 0) is 5.41 Å². The first-order valence-electron chi connectivity index (χ1n) is 8.05. The molecule has 0 unspecified atom stereocenters. The van der Waals surface area contributed by atoms with Crippen LogP contribution in [0.5, 0.6) is 0 Å². The van der Waals surface area contributed by atoms with Gasteiger partial charge in [-0.25, -0.2) is 0 Å². The Kier molecular flexibility index (Phi) is 3.28. The third-order valence-electron chi connectivity index (χ3n) is 4.39. The highest BCUT2D eigenvalue weighted by atomic mass is 32.1. The fourth-order valence-corrected chi connectivity index (χ4v) is 4.59. The molecule has 0 amide bonds. The highest BCUT2D eigenvalue weighted by Crippen LogP contribution is 2.42. The van der Waals surface area contributed by atoms with Gasteiger partial charge in [0.2, 0.25) is 0 Å². The van der Waals surface area contributed by atoms with Gasteiger partial charge in [-0.3, -0.25) is 0 Å². The van der Waals surface area contributed by atoms with Gasteiger partial charge >= 0.3 is 0 Å². The molecule has 0 saturated carbocycles. The van der Waals surface area contributed by atoms with E-state index in [1.165, 1.54) is 36.9 Å². The molecule has 0 nitrogen and oxygen atoms in total. The summed E-state index contributed by atoms with van der Waals surface area (Å²) in [6.45, 7) is 6.92. The van der Waals surface area contributed by atoms with E-state index < -0.39 is 0 Å². The van der Waals surface area contributed by atoms with E-state index in [0.717, 1.165) is 0 Å². The molecule has 23 heavy (non-hydrogen) atoms. The first-order chi connectivity index (χ1) is 11.0. The summed E-state index contributed by atoms with van der Waals surface area (Å²) in [5.41, 5.74) is 4.17. The largest absolute Gasteiger partial charge is 0.135 e. The van der Waals surface area contributed by atoms with Gasteiger partial charge in [0.1, 0.15) is 0 Å². The molecule has 4 aromatic rings. The highest BCUT2D eigenvalue weighted by molar-refractivity contribution is 7.26. The molecule has 0 spiro atoms. The second kappa shape index (κ2) is 5.21. The summed E-state index contributed by atoms with van der Waals surface area (Å²) in [5, 5.41) is 2.76. The van der Waals surface area contributed by atoms with Crippen molar-refractivity contribution in [2.24, 2.45) is 0 Å². The van der Waals surface area contributed by atoms with E-state index in [0.29, 0.717) is 0 Å². The topological polar surface area (TPSA) is 0 Å². The minimum absolute atomic E-state index is 0.129. The first kappa shape index (κ1) is 14.5. The van der Waals surface area contributed by atoms with Gasteiger partial charge < -0.3 is 0 Å². The van der Waals surface area contributed by atoms with Crippen LogP contribution in [-0.4, -0.2) is 0 Å². The van der Waals surface area contributed by atoms with Crippen molar-refractivity contribution in [2.45, 2.75) is 26.2 Å². The van der Waals surface area contributed by atoms with Crippen LogP contribution in [0.2, 0.25) is 0 Å². The van der Waals surface area contributed by atoms with E-state index in [9.17, 15) is 0 Å². The Labute approximate surface area is 141 Å². The zero-order valence-electron chi connectivity index (χ0n) is 13.8. The van der Waals surface area contributed by atoms with Gasteiger partial charge in [-0.15, -0.1) is 11.3 Å². The summed E-state index contributed by atoms with van der Waals surface area (Å²) in [6, 6.07) is 24.2. The standard InChI is InChI=1S/C22H20S/c1-22(2,3)19-14-16(15-9-5-4-6-10-15)13-18-17-11-7-8-12-20(17)23-21(18)19/h4-14H,1-3H3. The van der Waals surface area contributed by atoms with E-state index in [4.69, 9.17) is 0 Å². The molecule has 114 valence electrons. The molecule has 0 aliphatic carbocycles. The van der Waals surface area contributed by atoms with E-state index in [2.05, 4.69) is 87.5 Å². The van der Waals surface area contributed by atoms with E-state index in [1.54, 1.807) is 0 Å². The van der Waals surface area contributed by atoms with Crippen molar-refractivity contribution in [3.8, 4) is 11.1 Å². The van der Waals surface area contributed by atoms with Crippen LogP contribution >= 0.6 is 11.3 Å². The van der Waals surface area contributed by atoms with Gasteiger partial charge in [-0.2, -0.15) is 0 Å². The Morgan fingerprint density at radius 1 is 0.696 bits per heavy atom. The molecule has 0 saturated heterocycles. The van der Waals surface area contributed by atoms with Crippen molar-refractivity contribution >= 4 is 31.5 Å². The highest BCUT2D eigenvalue weighted by Gasteiger charge is 2.20. The fraction of sp³-hybridized carbons (Fsp3) is 0.182. The van der Waals surface area contributed by atoms with Crippen LogP contribution in [0.4, 0.5) is 0 Å². The molecular weight excluding hydrogens is 296 g/mol. The molecule has 0 aliphatic heterocycles. The van der Waals surface area contributed by atoms with E-state index in [1.807, 2.05) is 11.3 Å². The smallest absolute Gasteiger partial charge is 0.0393 e. The number of rotatable bonds is 1. The Morgan fingerprint density at radius 2 is 1.39 bits per heavy atom. The maximum absolute atomic E-state index is 2.38. The summed E-state index contributed by atoms with van der Waals surface area (Å²) in [7, 11) is 0. The minimum atomic E-state index is 0.129. The molecule has 0 bridgehead atoms. The number of hydrogen-bond donors (Lipinski definition) is 0. The second-order valence-electron chi connectivity index (χ2n) is 7.11. The van der Waals surface area contributed by atoms with Crippen LogP contribution in [0.3, 0.4) is 0 Å². The predicted octanol–water partition coefficient (Wildman–Crippen LogP) is 7.02. The molecule has 0 N–H and O–H groups in total. The Morgan fingerprint density at radius 3 is 2.13 bits per heavy atom. The summed E-state index contributed by atoms with van der Waals surface area (Å²) < 4.78 is 2.80. The van der Waals surface area contributed by atoms with E-state index >= 15 is 0 Å². The predicted molar refractivity (Wildman–Crippen MR) is 103 cm³/mol. The molecule has 0 radical (unpaired) electrons. The quantitative estimate of drug-likeness (QED) is 0.354. The summed E-state index contributed by atoms with van der Waals surface area (Å²) in [5.74, 6) is 0. The number of hydrogen-bond acceptors (Lipinski definition) is 1. The molecule has 1 heterocycles. The molecule has 0 fully saturated rings. The van der Waals surface area contributed by atoms with Crippen molar-refractivity contribution in [2.75, 3.05) is 0 Å². The molecule has 1 heteroatoms. The normalized spacial score (nSPS) is 12.1. The van der Waals surface area contributed by atoms with Gasteiger partial charge in [0, 0.05) is 20.2 Å². The third-order valence-corrected chi connectivity index (χ3v) is 5.61. The molecule has 1 aromatic heterocycles. The van der Waals surface area contributed by atoms with Gasteiger partial charge in [0.15, 0.2) is 0 Å². The zero-order valence-corrected chi connectivity index (χ0v) is 14.6. The van der Waals surface area contributed by atoms with Crippen LogP contribution in [0.25, 0.3) is 31.3 Å². The van der Waals surface area contributed by atoms with E-state index in [-0.39, 0.29) is 5.41 Å². The molecule has 0 aliphatic rings. The van der Waals surface area contributed by atoms with Crippen molar-refractivity contribution < 1.29 is 0 Å². The lowest BCUT2D eigenvalue weighted by Crippen LogP contribution is -2.11. The number of benzene rings is 3. The number of fused-ring (bicyclic) bond motifs is 3. The lowest BCUT2D eigenvalue weighted by atomic mass is 9.84. The maximum Gasteiger partial charge on any atom is 0.0393 e. The monoisotopic (exact) mass is 316 g/mol. The van der Waals surface area contributed by atoms with Crippen LogP contribution < -0.4 is 0 Å². The molecule has 4 rings (SSSR count). The first-order valence-corrected chi connectivity index (χ1v) is 8.87. The van der Waals surface area contributed by atoms with Crippen LogP contribution in [0.15, 0.2) is 66.7 Å². The van der Waals surface area contributed by atoms with Gasteiger partial charge in [0.05, 0.1) is 0 Å². The molecule has 3 aromatic carbocycles. The van der Waals surface area contributed by atoms with Gasteiger partial charge in [-0.05, 0) is 40.3 Å². The maximum atomic E-state index is 2.38. The average molecular weight is 316 g/mol. The van der Waals surface area contributed by atoms with Gasteiger partial charge in [-0.1, -0.05) is 69.3 Å². The van der Waals surface area contributed by atoms with Crippen molar-refractivity contribution in [1.82, 2.24) is 0 Å². The SMILES string of the molecule is CC(C)(C)c1cc(-c2ccccc2)cc2c1sc1ccccc12. The summed E-state index contributed by atoms with van der Waals surface area (Å²) >= 11 is 1.92. The molecular formula is C22H20S. The Balaban J connectivity index is 2.12. The van der Waals surface area contributed by atoms with Crippen LogP contribution in [0, 0.1) is 0 Å². The van der Waals surface area contributed by atoms with Crippen LogP contribution in [0.1, 0.15) is 26.3 Å². The lowest BCUT2D eigenvalue weighted by molar-refractivity contribution is 0.597. The summed E-state index contributed by atoms with van der Waals surface area (Å²) in [6.07, 6.45) is 0. The van der Waals surface area contributed by atoms with Crippen molar-refractivity contribution in [1.29, 1.82) is 0 Å². The lowest BCUT2D eigenvalue weighted by Gasteiger charge is -2.21. The molecule has 0 atom stereocenters. The van der Waals surface area contributed by atoms with Gasteiger partial charge in [0.25, 0.3) is 0 Å². The summed E-state index contributed by atoms with van der Waals surface area (Å²) in [4.78, 5) is 0. The van der Waals surface area contributed by atoms with Crippen molar-refractivity contribution in [3.63, 3.8) is 0 Å². The zero-order chi connectivity index (χ0) is 16.0. The van der Waals surface area contributed by atoms with Crippen molar-refractivity contribution in [3.05, 3.63) is 72.3 Å². The Hall–Kier alpha value is -2.12. The number of thiophene rings is 1. The fourth-order valence-electron chi connectivity index (χ4n) is 3.18. The minimum Gasteiger partial charge on any atom is -0.135 e. The Bertz CT molecular complexity index is 985.